The van der Waals surface area contributed by atoms with Crippen molar-refractivity contribution in [2.75, 3.05) is 11.9 Å². The Morgan fingerprint density at radius 2 is 1.95 bits per heavy atom. The van der Waals surface area contributed by atoms with E-state index in [1.807, 2.05) is 12.1 Å². The molecule has 0 radical (unpaired) electrons. The number of piperidine rings is 1. The maximum atomic E-state index is 12.2. The molecule has 1 aliphatic rings. The molecule has 1 saturated heterocycles. The van der Waals surface area contributed by atoms with Crippen LogP contribution in [-0.2, 0) is 11.3 Å². The minimum Gasteiger partial charge on any atom is -0.368 e. The molecule has 0 aliphatic carbocycles. The third kappa shape index (κ3) is 3.27. The van der Waals surface area contributed by atoms with E-state index in [4.69, 9.17) is 11.5 Å². The molecule has 0 spiro atoms. The Kier molecular flexibility index (Phi) is 4.57. The van der Waals surface area contributed by atoms with E-state index >= 15 is 0 Å². The monoisotopic (exact) mass is 276 g/mol. The molecular formula is C14H20N4O2. The average Bonchev–Trinajstić information content (AvgIpc) is 2.48. The molecule has 1 aromatic rings. The van der Waals surface area contributed by atoms with Gasteiger partial charge in [-0.15, -0.1) is 0 Å². The predicted molar refractivity (Wildman–Crippen MR) is 76.9 cm³/mol. The average molecular weight is 276 g/mol. The van der Waals surface area contributed by atoms with E-state index in [9.17, 15) is 9.59 Å². The van der Waals surface area contributed by atoms with Gasteiger partial charge in [-0.2, -0.15) is 0 Å². The second-order valence-corrected chi connectivity index (χ2v) is 4.94. The summed E-state index contributed by atoms with van der Waals surface area (Å²) < 4.78 is 0. The van der Waals surface area contributed by atoms with Gasteiger partial charge in [-0.25, -0.2) is 4.79 Å². The molecule has 1 aliphatic heterocycles. The summed E-state index contributed by atoms with van der Waals surface area (Å²) in [5.74, 6) is -0.446. The Hall–Kier alpha value is -2.08. The van der Waals surface area contributed by atoms with Gasteiger partial charge in [-0.1, -0.05) is 12.1 Å². The molecule has 1 heterocycles. The number of hydrogen-bond acceptors (Lipinski definition) is 3. The molecule has 6 nitrogen and oxygen atoms in total. The van der Waals surface area contributed by atoms with E-state index in [2.05, 4.69) is 5.32 Å². The summed E-state index contributed by atoms with van der Waals surface area (Å²) >= 11 is 0. The van der Waals surface area contributed by atoms with Crippen LogP contribution in [0.3, 0.4) is 0 Å². The van der Waals surface area contributed by atoms with E-state index in [1.165, 1.54) is 4.90 Å². The van der Waals surface area contributed by atoms with Crippen LogP contribution in [0.4, 0.5) is 10.5 Å². The Balaban J connectivity index is 2.03. The number of anilines is 1. The first kappa shape index (κ1) is 14.3. The van der Waals surface area contributed by atoms with E-state index < -0.39 is 11.9 Å². The highest BCUT2D eigenvalue weighted by atomic mass is 16.2. The quantitative estimate of drug-likeness (QED) is 0.768. The van der Waals surface area contributed by atoms with Crippen LogP contribution in [0.25, 0.3) is 0 Å². The highest BCUT2D eigenvalue weighted by Gasteiger charge is 2.30. The van der Waals surface area contributed by atoms with Crippen LogP contribution in [-0.4, -0.2) is 29.4 Å². The van der Waals surface area contributed by atoms with Crippen molar-refractivity contribution < 1.29 is 9.59 Å². The van der Waals surface area contributed by atoms with Gasteiger partial charge in [0.2, 0.25) is 5.91 Å². The molecule has 1 atom stereocenters. The Labute approximate surface area is 118 Å². The molecule has 3 amide bonds. The van der Waals surface area contributed by atoms with Gasteiger partial charge in [0.25, 0.3) is 0 Å². The van der Waals surface area contributed by atoms with Crippen LogP contribution >= 0.6 is 0 Å². The van der Waals surface area contributed by atoms with Crippen LogP contribution in [0.5, 0.6) is 0 Å². The SMILES string of the molecule is NCc1ccc(NC(=O)N2CCCCC2C(N)=O)cc1. The molecular weight excluding hydrogens is 256 g/mol. The number of amides is 3. The number of urea groups is 1. The van der Waals surface area contributed by atoms with Crippen molar-refractivity contribution in [3.63, 3.8) is 0 Å². The van der Waals surface area contributed by atoms with Crippen molar-refractivity contribution in [2.45, 2.75) is 31.8 Å². The van der Waals surface area contributed by atoms with Crippen molar-refractivity contribution in [1.82, 2.24) is 4.90 Å². The summed E-state index contributed by atoms with van der Waals surface area (Å²) in [7, 11) is 0. The number of nitrogens with zero attached hydrogens (tertiary/aromatic N) is 1. The Bertz CT molecular complexity index is 486. The zero-order valence-corrected chi connectivity index (χ0v) is 11.3. The van der Waals surface area contributed by atoms with E-state index in [0.717, 1.165) is 18.4 Å². The van der Waals surface area contributed by atoms with Gasteiger partial charge in [0.1, 0.15) is 6.04 Å². The molecule has 1 unspecified atom stereocenters. The van der Waals surface area contributed by atoms with Crippen molar-refractivity contribution in [1.29, 1.82) is 0 Å². The summed E-state index contributed by atoms with van der Waals surface area (Å²) in [5.41, 5.74) is 12.6. The number of hydrogen-bond donors (Lipinski definition) is 3. The summed E-state index contributed by atoms with van der Waals surface area (Å²) in [6.45, 7) is 1.02. The zero-order chi connectivity index (χ0) is 14.5. The molecule has 6 heteroatoms. The molecule has 1 aromatic carbocycles. The number of likely N-dealkylation sites (tertiary alicyclic amines) is 1. The van der Waals surface area contributed by atoms with Crippen molar-refractivity contribution in [3.05, 3.63) is 29.8 Å². The Morgan fingerprint density at radius 1 is 1.25 bits per heavy atom. The normalized spacial score (nSPS) is 18.6. The molecule has 20 heavy (non-hydrogen) atoms. The minimum atomic E-state index is -0.507. The van der Waals surface area contributed by atoms with Crippen molar-refractivity contribution >= 4 is 17.6 Å². The topological polar surface area (TPSA) is 101 Å². The lowest BCUT2D eigenvalue weighted by Gasteiger charge is -2.33. The Morgan fingerprint density at radius 3 is 2.55 bits per heavy atom. The van der Waals surface area contributed by atoms with Gasteiger partial charge in [0.15, 0.2) is 0 Å². The summed E-state index contributed by atoms with van der Waals surface area (Å²) in [5, 5.41) is 2.79. The fourth-order valence-corrected chi connectivity index (χ4v) is 2.39. The largest absolute Gasteiger partial charge is 0.368 e. The number of carbonyl (C=O) groups excluding carboxylic acids is 2. The number of primary amides is 1. The highest BCUT2D eigenvalue weighted by molar-refractivity contribution is 5.93. The summed E-state index contributed by atoms with van der Waals surface area (Å²) in [6.07, 6.45) is 2.45. The maximum Gasteiger partial charge on any atom is 0.322 e. The standard InChI is InChI=1S/C14H20N4O2/c15-9-10-4-6-11(7-5-10)17-14(20)18-8-2-1-3-12(18)13(16)19/h4-7,12H,1-3,8-9,15H2,(H2,16,19)(H,17,20). The van der Waals surface area contributed by atoms with Crippen molar-refractivity contribution in [2.24, 2.45) is 11.5 Å². The van der Waals surface area contributed by atoms with Crippen molar-refractivity contribution in [3.8, 4) is 0 Å². The van der Waals surface area contributed by atoms with Gasteiger partial charge in [-0.3, -0.25) is 4.79 Å². The second-order valence-electron chi connectivity index (χ2n) is 4.94. The van der Waals surface area contributed by atoms with Gasteiger partial charge in [-0.05, 0) is 37.0 Å². The number of nitrogens with two attached hydrogens (primary N) is 2. The van der Waals surface area contributed by atoms with E-state index in [0.29, 0.717) is 25.2 Å². The van der Waals surface area contributed by atoms with Crippen LogP contribution in [0.15, 0.2) is 24.3 Å². The number of benzene rings is 1. The first-order chi connectivity index (χ1) is 9.61. The molecule has 0 bridgehead atoms. The fraction of sp³-hybridized carbons (Fsp3) is 0.429. The van der Waals surface area contributed by atoms with Crippen LogP contribution in [0.1, 0.15) is 24.8 Å². The van der Waals surface area contributed by atoms with E-state index in [-0.39, 0.29) is 6.03 Å². The molecule has 2 rings (SSSR count). The second kappa shape index (κ2) is 6.38. The van der Waals surface area contributed by atoms with Crippen LogP contribution in [0.2, 0.25) is 0 Å². The summed E-state index contributed by atoms with van der Waals surface area (Å²) in [6, 6.07) is 6.52. The first-order valence-corrected chi connectivity index (χ1v) is 6.78. The van der Waals surface area contributed by atoms with E-state index in [1.54, 1.807) is 12.1 Å². The third-order valence-electron chi connectivity index (χ3n) is 3.53. The number of carbonyl (C=O) groups is 2. The van der Waals surface area contributed by atoms with Gasteiger partial charge < -0.3 is 21.7 Å². The molecule has 108 valence electrons. The molecule has 0 aromatic heterocycles. The number of rotatable bonds is 3. The molecule has 5 N–H and O–H groups in total. The maximum absolute atomic E-state index is 12.2. The van der Waals surface area contributed by atoms with Crippen LogP contribution in [0, 0.1) is 0 Å². The summed E-state index contributed by atoms with van der Waals surface area (Å²) in [4.78, 5) is 25.1. The van der Waals surface area contributed by atoms with Gasteiger partial charge >= 0.3 is 6.03 Å². The highest BCUT2D eigenvalue weighted by Crippen LogP contribution is 2.18. The predicted octanol–water partition coefficient (Wildman–Crippen LogP) is 1.02. The lowest BCUT2D eigenvalue weighted by atomic mass is 10.0. The number of nitrogens with one attached hydrogen (secondary N) is 1. The third-order valence-corrected chi connectivity index (χ3v) is 3.53. The lowest BCUT2D eigenvalue weighted by Crippen LogP contribution is -2.51. The van der Waals surface area contributed by atoms with Gasteiger partial charge in [0, 0.05) is 18.8 Å². The minimum absolute atomic E-state index is 0.283. The fourth-order valence-electron chi connectivity index (χ4n) is 2.39. The molecule has 0 saturated carbocycles. The smallest absolute Gasteiger partial charge is 0.322 e. The lowest BCUT2D eigenvalue weighted by molar-refractivity contribution is -0.123. The molecule has 1 fully saturated rings. The first-order valence-electron chi connectivity index (χ1n) is 6.78. The zero-order valence-electron chi connectivity index (χ0n) is 11.3. The van der Waals surface area contributed by atoms with Crippen LogP contribution < -0.4 is 16.8 Å². The van der Waals surface area contributed by atoms with Gasteiger partial charge in [0.05, 0.1) is 0 Å².